The van der Waals surface area contributed by atoms with Crippen molar-refractivity contribution in [2.45, 2.75) is 13.0 Å². The van der Waals surface area contributed by atoms with Crippen LogP contribution in [0.1, 0.15) is 6.92 Å². The minimum Gasteiger partial charge on any atom is -0.495 e. The van der Waals surface area contributed by atoms with Crippen molar-refractivity contribution in [2.24, 2.45) is 0 Å². The van der Waals surface area contributed by atoms with Gasteiger partial charge in [0.25, 0.3) is 0 Å². The van der Waals surface area contributed by atoms with E-state index in [1.54, 1.807) is 26.1 Å². The maximum absolute atomic E-state index is 11.8. The summed E-state index contributed by atoms with van der Waals surface area (Å²) >= 11 is 6.85. The molecule has 100 valence electrons. The zero-order valence-corrected chi connectivity index (χ0v) is 13.9. The lowest BCUT2D eigenvalue weighted by atomic mass is 10.2. The molecule has 1 N–H and O–H groups in total. The Balaban J connectivity index is 2.94. The number of likely N-dealkylation sites (N-methyl/N-ethyl adjacent to an activating group) is 1. The van der Waals surface area contributed by atoms with Gasteiger partial charge in [-0.3, -0.25) is 4.79 Å². The first-order valence-electron chi connectivity index (χ1n) is 5.37. The number of nitrogens with zero attached hydrogens (tertiary/aromatic N) is 1. The van der Waals surface area contributed by atoms with Crippen LogP contribution in [-0.2, 0) is 4.79 Å². The van der Waals surface area contributed by atoms with Crippen LogP contribution >= 0.6 is 31.9 Å². The first-order chi connectivity index (χ1) is 8.36. The fourth-order valence-corrected chi connectivity index (χ4v) is 2.75. The molecule has 0 spiro atoms. The van der Waals surface area contributed by atoms with Gasteiger partial charge in [0.1, 0.15) is 11.8 Å². The van der Waals surface area contributed by atoms with E-state index in [4.69, 9.17) is 4.74 Å². The van der Waals surface area contributed by atoms with Crippen LogP contribution in [0.15, 0.2) is 21.1 Å². The molecule has 1 rings (SSSR count). The fraction of sp³-hybridized carbons (Fsp3) is 0.417. The van der Waals surface area contributed by atoms with Gasteiger partial charge in [-0.1, -0.05) is 0 Å². The largest absolute Gasteiger partial charge is 0.495 e. The molecule has 0 heterocycles. The minimum absolute atomic E-state index is 0.0174. The third-order valence-corrected chi connectivity index (χ3v) is 3.70. The Bertz CT molecular complexity index is 450. The number of rotatable bonds is 4. The highest BCUT2D eigenvalue weighted by molar-refractivity contribution is 9.11. The Labute approximate surface area is 124 Å². The molecule has 0 bridgehead atoms. The predicted octanol–water partition coefficient (Wildman–Crippen LogP) is 3.11. The number of hydrogen-bond acceptors (Lipinski definition) is 3. The molecule has 0 saturated heterocycles. The summed E-state index contributed by atoms with van der Waals surface area (Å²) in [5, 5.41) is 3.15. The van der Waals surface area contributed by atoms with Crippen molar-refractivity contribution in [1.29, 1.82) is 0 Å². The van der Waals surface area contributed by atoms with Crippen LogP contribution in [0.2, 0.25) is 0 Å². The maximum atomic E-state index is 11.8. The molecule has 1 aromatic carbocycles. The molecule has 0 fully saturated rings. The topological polar surface area (TPSA) is 41.6 Å². The summed E-state index contributed by atoms with van der Waals surface area (Å²) in [7, 11) is 5.07. The van der Waals surface area contributed by atoms with E-state index in [2.05, 4.69) is 37.2 Å². The van der Waals surface area contributed by atoms with E-state index in [9.17, 15) is 4.79 Å². The number of halogens is 2. The van der Waals surface area contributed by atoms with E-state index in [0.29, 0.717) is 5.75 Å². The van der Waals surface area contributed by atoms with Gasteiger partial charge in [0.2, 0.25) is 5.91 Å². The van der Waals surface area contributed by atoms with E-state index >= 15 is 0 Å². The van der Waals surface area contributed by atoms with Gasteiger partial charge < -0.3 is 15.0 Å². The van der Waals surface area contributed by atoms with E-state index in [1.165, 1.54) is 0 Å². The molecule has 1 atom stereocenters. The lowest BCUT2D eigenvalue weighted by Gasteiger charge is -2.20. The molecule has 0 aliphatic carbocycles. The third kappa shape index (κ3) is 3.62. The first-order valence-corrected chi connectivity index (χ1v) is 6.96. The van der Waals surface area contributed by atoms with Crippen molar-refractivity contribution < 1.29 is 9.53 Å². The SMILES string of the molecule is COc1cc(NC(C)C(=O)N(C)C)c(Br)cc1Br. The van der Waals surface area contributed by atoms with Gasteiger partial charge in [-0.2, -0.15) is 0 Å². The summed E-state index contributed by atoms with van der Waals surface area (Å²) in [6, 6.07) is 3.42. The molecular formula is C12H16Br2N2O2. The standard InChI is InChI=1S/C12H16Br2N2O2/c1-7(12(17)16(2)3)15-10-6-11(18-4)9(14)5-8(10)13/h5-7,15H,1-4H3. The van der Waals surface area contributed by atoms with Crippen LogP contribution < -0.4 is 10.1 Å². The molecule has 1 aromatic rings. The predicted molar refractivity (Wildman–Crippen MR) is 80.2 cm³/mol. The van der Waals surface area contributed by atoms with Crippen LogP contribution in [-0.4, -0.2) is 38.1 Å². The highest BCUT2D eigenvalue weighted by atomic mass is 79.9. The van der Waals surface area contributed by atoms with Crippen LogP contribution in [0.3, 0.4) is 0 Å². The number of benzene rings is 1. The number of anilines is 1. The molecule has 0 aliphatic heterocycles. The number of hydrogen-bond donors (Lipinski definition) is 1. The van der Waals surface area contributed by atoms with Gasteiger partial charge in [0.05, 0.1) is 17.3 Å². The minimum atomic E-state index is -0.304. The number of carbonyl (C=O) groups excluding carboxylic acids is 1. The summed E-state index contributed by atoms with van der Waals surface area (Å²) in [5.74, 6) is 0.731. The molecule has 18 heavy (non-hydrogen) atoms. The number of carbonyl (C=O) groups is 1. The smallest absolute Gasteiger partial charge is 0.244 e. The van der Waals surface area contributed by atoms with Crippen LogP contribution in [0.5, 0.6) is 5.75 Å². The average molecular weight is 380 g/mol. The van der Waals surface area contributed by atoms with Gasteiger partial charge >= 0.3 is 0 Å². The highest BCUT2D eigenvalue weighted by Crippen LogP contribution is 2.34. The molecular weight excluding hydrogens is 364 g/mol. The van der Waals surface area contributed by atoms with Crippen LogP contribution in [0, 0.1) is 0 Å². The number of ether oxygens (including phenoxy) is 1. The molecule has 0 radical (unpaired) electrons. The Kier molecular flexibility index (Phi) is 5.47. The van der Waals surface area contributed by atoms with Gasteiger partial charge in [-0.15, -0.1) is 0 Å². The van der Waals surface area contributed by atoms with Crippen molar-refractivity contribution >= 4 is 43.5 Å². The van der Waals surface area contributed by atoms with Crippen molar-refractivity contribution in [1.82, 2.24) is 4.90 Å². The Morgan fingerprint density at radius 1 is 1.33 bits per heavy atom. The molecule has 6 heteroatoms. The summed E-state index contributed by atoms with van der Waals surface area (Å²) < 4.78 is 6.95. The van der Waals surface area contributed by atoms with Crippen molar-refractivity contribution in [3.05, 3.63) is 21.1 Å². The van der Waals surface area contributed by atoms with Gasteiger partial charge in [0, 0.05) is 24.6 Å². The van der Waals surface area contributed by atoms with E-state index in [1.807, 2.05) is 19.1 Å². The molecule has 0 aliphatic rings. The van der Waals surface area contributed by atoms with Gasteiger partial charge in [0.15, 0.2) is 0 Å². The normalized spacial score (nSPS) is 11.9. The molecule has 0 saturated carbocycles. The highest BCUT2D eigenvalue weighted by Gasteiger charge is 2.16. The second kappa shape index (κ2) is 6.43. The number of amides is 1. The molecule has 0 aromatic heterocycles. The van der Waals surface area contributed by atoms with E-state index in [-0.39, 0.29) is 11.9 Å². The van der Waals surface area contributed by atoms with Crippen molar-refractivity contribution in [3.63, 3.8) is 0 Å². The second-order valence-corrected chi connectivity index (χ2v) is 5.77. The first kappa shape index (κ1) is 15.3. The van der Waals surface area contributed by atoms with E-state index in [0.717, 1.165) is 14.6 Å². The summed E-state index contributed by atoms with van der Waals surface area (Å²) in [6.45, 7) is 1.82. The average Bonchev–Trinajstić information content (AvgIpc) is 2.31. The van der Waals surface area contributed by atoms with Crippen molar-refractivity contribution in [2.75, 3.05) is 26.5 Å². The Morgan fingerprint density at radius 2 is 1.94 bits per heavy atom. The van der Waals surface area contributed by atoms with Crippen LogP contribution in [0.25, 0.3) is 0 Å². The van der Waals surface area contributed by atoms with Crippen LogP contribution in [0.4, 0.5) is 5.69 Å². The molecule has 1 unspecified atom stereocenters. The second-order valence-electron chi connectivity index (χ2n) is 4.07. The number of nitrogens with one attached hydrogen (secondary N) is 1. The molecule has 1 amide bonds. The Hall–Kier alpha value is -0.750. The summed E-state index contributed by atoms with van der Waals surface area (Å²) in [5.41, 5.74) is 0.817. The molecule has 4 nitrogen and oxygen atoms in total. The maximum Gasteiger partial charge on any atom is 0.244 e. The van der Waals surface area contributed by atoms with Gasteiger partial charge in [-0.25, -0.2) is 0 Å². The quantitative estimate of drug-likeness (QED) is 0.873. The monoisotopic (exact) mass is 378 g/mol. The lowest BCUT2D eigenvalue weighted by molar-refractivity contribution is -0.129. The lowest BCUT2D eigenvalue weighted by Crippen LogP contribution is -2.36. The zero-order chi connectivity index (χ0) is 13.9. The fourth-order valence-electron chi connectivity index (χ4n) is 1.48. The zero-order valence-electron chi connectivity index (χ0n) is 10.8. The summed E-state index contributed by atoms with van der Waals surface area (Å²) in [4.78, 5) is 13.3. The number of methoxy groups -OCH3 is 1. The summed E-state index contributed by atoms with van der Waals surface area (Å²) in [6.07, 6.45) is 0. The van der Waals surface area contributed by atoms with E-state index < -0.39 is 0 Å². The van der Waals surface area contributed by atoms with Crippen molar-refractivity contribution in [3.8, 4) is 5.75 Å². The Morgan fingerprint density at radius 3 is 2.44 bits per heavy atom. The third-order valence-electron chi connectivity index (χ3n) is 2.42. The van der Waals surface area contributed by atoms with Gasteiger partial charge in [-0.05, 0) is 44.8 Å².